The third-order valence-electron chi connectivity index (χ3n) is 4.80. The van der Waals surface area contributed by atoms with Gasteiger partial charge >= 0.3 is 5.97 Å². The van der Waals surface area contributed by atoms with Crippen molar-refractivity contribution in [2.45, 2.75) is 19.4 Å². The Morgan fingerprint density at radius 3 is 3.00 bits per heavy atom. The molecule has 1 N–H and O–H groups in total. The molecular weight excluding hydrogens is 302 g/mol. The summed E-state index contributed by atoms with van der Waals surface area (Å²) in [4.78, 5) is 41.1. The van der Waals surface area contributed by atoms with Gasteiger partial charge in [-0.1, -0.05) is 0 Å². The summed E-state index contributed by atoms with van der Waals surface area (Å²) in [6, 6.07) is 1.34. The Kier molecular flexibility index (Phi) is 4.16. The number of aliphatic carboxylic acids is 1. The lowest BCUT2D eigenvalue weighted by molar-refractivity contribution is -0.159. The first-order chi connectivity index (χ1) is 11.0. The fourth-order valence-electron chi connectivity index (χ4n) is 3.40. The molecule has 2 atom stereocenters. The first-order valence-electron chi connectivity index (χ1n) is 7.62. The Labute approximate surface area is 132 Å². The van der Waals surface area contributed by atoms with Gasteiger partial charge in [-0.15, -0.1) is 0 Å². The molecule has 124 valence electrons. The molecule has 0 aromatic carbocycles. The Morgan fingerprint density at radius 2 is 2.30 bits per heavy atom. The van der Waals surface area contributed by atoms with Crippen LogP contribution in [0.2, 0.25) is 0 Å². The molecule has 0 saturated carbocycles. The molecule has 2 fully saturated rings. The van der Waals surface area contributed by atoms with Crippen molar-refractivity contribution in [3.63, 3.8) is 0 Å². The van der Waals surface area contributed by atoms with Crippen LogP contribution < -0.4 is 5.56 Å². The van der Waals surface area contributed by atoms with E-state index in [9.17, 15) is 19.5 Å². The van der Waals surface area contributed by atoms with Gasteiger partial charge in [-0.3, -0.25) is 19.0 Å². The van der Waals surface area contributed by atoms with Crippen LogP contribution in [0.25, 0.3) is 0 Å². The average Bonchev–Trinajstić information content (AvgIpc) is 2.95. The number of carboxylic acids is 1. The highest BCUT2D eigenvalue weighted by Crippen LogP contribution is 2.41. The maximum Gasteiger partial charge on any atom is 0.314 e. The number of amides is 1. The van der Waals surface area contributed by atoms with Gasteiger partial charge < -0.3 is 14.7 Å². The van der Waals surface area contributed by atoms with Crippen LogP contribution in [-0.2, 0) is 20.9 Å². The summed E-state index contributed by atoms with van der Waals surface area (Å²) in [6.07, 6.45) is 3.60. The van der Waals surface area contributed by atoms with Gasteiger partial charge in [0.1, 0.15) is 5.41 Å². The molecule has 0 radical (unpaired) electrons. The van der Waals surface area contributed by atoms with Gasteiger partial charge in [-0.05, 0) is 12.3 Å². The van der Waals surface area contributed by atoms with Gasteiger partial charge in [0.15, 0.2) is 0 Å². The van der Waals surface area contributed by atoms with Crippen molar-refractivity contribution < 1.29 is 19.4 Å². The number of hydrogen-bond donors (Lipinski definition) is 1. The molecule has 23 heavy (non-hydrogen) atoms. The Morgan fingerprint density at radius 1 is 1.48 bits per heavy atom. The largest absolute Gasteiger partial charge is 0.481 e. The average molecular weight is 321 g/mol. The minimum atomic E-state index is -0.987. The van der Waals surface area contributed by atoms with Crippen LogP contribution in [0.5, 0.6) is 0 Å². The van der Waals surface area contributed by atoms with E-state index in [2.05, 4.69) is 4.98 Å². The first kappa shape index (κ1) is 15.7. The highest BCUT2D eigenvalue weighted by molar-refractivity contribution is 5.81. The van der Waals surface area contributed by atoms with Crippen LogP contribution in [0.15, 0.2) is 23.4 Å². The van der Waals surface area contributed by atoms with Crippen LogP contribution >= 0.6 is 0 Å². The number of nitrogens with zero attached hydrogens (tertiary/aromatic N) is 3. The zero-order valence-corrected chi connectivity index (χ0v) is 12.7. The van der Waals surface area contributed by atoms with E-state index in [0.717, 1.165) is 0 Å². The van der Waals surface area contributed by atoms with Gasteiger partial charge in [-0.25, -0.2) is 4.98 Å². The minimum absolute atomic E-state index is 0.0705. The lowest BCUT2D eigenvalue weighted by Crippen LogP contribution is -2.46. The first-order valence-corrected chi connectivity index (χ1v) is 7.62. The van der Waals surface area contributed by atoms with Crippen LogP contribution in [0.1, 0.15) is 12.8 Å². The summed E-state index contributed by atoms with van der Waals surface area (Å²) in [6.45, 7) is 1.54. The SMILES string of the molecule is O=C(CCn1cnccc1=O)N1C[C@H]2CCOC[C@@]2(C(=O)O)C1. The molecule has 0 bridgehead atoms. The highest BCUT2D eigenvalue weighted by Gasteiger charge is 2.55. The zero-order chi connectivity index (χ0) is 16.4. The number of carbonyl (C=O) groups excluding carboxylic acids is 1. The maximum atomic E-state index is 12.4. The summed E-state index contributed by atoms with van der Waals surface area (Å²) >= 11 is 0. The van der Waals surface area contributed by atoms with Crippen molar-refractivity contribution in [1.29, 1.82) is 0 Å². The molecule has 2 aliphatic rings. The van der Waals surface area contributed by atoms with Crippen LogP contribution in [0.3, 0.4) is 0 Å². The Balaban J connectivity index is 1.66. The predicted molar refractivity (Wildman–Crippen MR) is 78.7 cm³/mol. The molecule has 3 rings (SSSR count). The van der Waals surface area contributed by atoms with Crippen molar-refractivity contribution in [3.05, 3.63) is 28.9 Å². The van der Waals surface area contributed by atoms with Crippen molar-refractivity contribution in [2.24, 2.45) is 11.3 Å². The fraction of sp³-hybridized carbons (Fsp3) is 0.600. The molecule has 0 spiro atoms. The van der Waals surface area contributed by atoms with Crippen LogP contribution in [-0.4, -0.2) is 57.7 Å². The van der Waals surface area contributed by atoms with E-state index in [4.69, 9.17) is 4.74 Å². The number of ether oxygens (including phenoxy) is 1. The topological polar surface area (TPSA) is 102 Å². The molecular formula is C15H19N3O5. The third kappa shape index (κ3) is 2.86. The Bertz CT molecular complexity index is 673. The molecule has 1 aromatic heterocycles. The second-order valence-corrected chi connectivity index (χ2v) is 6.14. The number of hydrogen-bond acceptors (Lipinski definition) is 5. The van der Waals surface area contributed by atoms with Gasteiger partial charge in [0.2, 0.25) is 5.91 Å². The van der Waals surface area contributed by atoms with Gasteiger partial charge in [0, 0.05) is 44.9 Å². The quantitative estimate of drug-likeness (QED) is 0.808. The van der Waals surface area contributed by atoms with E-state index in [0.29, 0.717) is 19.6 Å². The molecule has 0 unspecified atom stereocenters. The minimum Gasteiger partial charge on any atom is -0.481 e. The number of carbonyl (C=O) groups is 2. The molecule has 2 aliphatic heterocycles. The van der Waals surface area contributed by atoms with E-state index in [1.807, 2.05) is 0 Å². The standard InChI is InChI=1S/C15H19N3O5/c19-12-1-4-16-10-17(12)5-2-13(20)18-7-11-3-6-23-9-15(11,8-18)14(21)22/h1,4,10-11H,2-3,5-9H2,(H,21,22)/t11-,15+/m1/s1. The lowest BCUT2D eigenvalue weighted by atomic mass is 9.76. The summed E-state index contributed by atoms with van der Waals surface area (Å²) in [5.41, 5.74) is -1.20. The molecule has 3 heterocycles. The van der Waals surface area contributed by atoms with Gasteiger partial charge in [0.05, 0.1) is 12.9 Å². The van der Waals surface area contributed by atoms with Crippen molar-refractivity contribution in [3.8, 4) is 0 Å². The number of aromatic nitrogens is 2. The number of aryl methyl sites for hydroxylation is 1. The summed E-state index contributed by atoms with van der Waals surface area (Å²) in [5, 5.41) is 9.57. The van der Waals surface area contributed by atoms with E-state index in [1.54, 1.807) is 4.90 Å². The summed E-state index contributed by atoms with van der Waals surface area (Å²) in [5.74, 6) is -1.12. The normalized spacial score (nSPS) is 26.8. The molecule has 1 amide bonds. The van der Waals surface area contributed by atoms with Crippen molar-refractivity contribution in [1.82, 2.24) is 14.5 Å². The number of fused-ring (bicyclic) bond motifs is 1. The van der Waals surface area contributed by atoms with Gasteiger partial charge in [-0.2, -0.15) is 0 Å². The van der Waals surface area contributed by atoms with Crippen LogP contribution in [0, 0.1) is 11.3 Å². The van der Waals surface area contributed by atoms with Crippen LogP contribution in [0.4, 0.5) is 0 Å². The van der Waals surface area contributed by atoms with Crippen molar-refractivity contribution >= 4 is 11.9 Å². The fourth-order valence-corrected chi connectivity index (χ4v) is 3.40. The van der Waals surface area contributed by atoms with E-state index in [1.165, 1.54) is 23.2 Å². The molecule has 2 saturated heterocycles. The maximum absolute atomic E-state index is 12.4. The lowest BCUT2D eigenvalue weighted by Gasteiger charge is -2.33. The number of rotatable bonds is 4. The Hall–Kier alpha value is -2.22. The molecule has 1 aromatic rings. The van der Waals surface area contributed by atoms with E-state index < -0.39 is 11.4 Å². The second-order valence-electron chi connectivity index (χ2n) is 6.14. The third-order valence-corrected chi connectivity index (χ3v) is 4.80. The van der Waals surface area contributed by atoms with E-state index in [-0.39, 0.29) is 43.5 Å². The monoisotopic (exact) mass is 321 g/mol. The highest BCUT2D eigenvalue weighted by atomic mass is 16.5. The van der Waals surface area contributed by atoms with Crippen molar-refractivity contribution in [2.75, 3.05) is 26.3 Å². The number of carboxylic acid groups (broad SMARTS) is 1. The molecule has 8 heteroatoms. The number of likely N-dealkylation sites (tertiary alicyclic amines) is 1. The smallest absolute Gasteiger partial charge is 0.314 e. The molecule has 8 nitrogen and oxygen atoms in total. The molecule has 0 aliphatic carbocycles. The second kappa shape index (κ2) is 6.11. The van der Waals surface area contributed by atoms with Gasteiger partial charge in [0.25, 0.3) is 5.56 Å². The summed E-state index contributed by atoms with van der Waals surface area (Å²) in [7, 11) is 0. The predicted octanol–water partition coefficient (Wildman–Crippen LogP) is -0.417. The zero-order valence-electron chi connectivity index (χ0n) is 12.7. The summed E-state index contributed by atoms with van der Waals surface area (Å²) < 4.78 is 6.72. The van der Waals surface area contributed by atoms with E-state index >= 15 is 0 Å².